The number of hydrogen-bond donors (Lipinski definition) is 2. The SMILES string of the molecule is Cn1cnnc1CNc1cc(N)nc(C(F)(F)F)n1. The van der Waals surface area contributed by atoms with Crippen molar-refractivity contribution in [2.45, 2.75) is 12.7 Å². The third-order valence-corrected chi connectivity index (χ3v) is 2.23. The molecule has 2 aromatic rings. The van der Waals surface area contributed by atoms with E-state index in [1.807, 2.05) is 0 Å². The van der Waals surface area contributed by atoms with Crippen LogP contribution < -0.4 is 11.1 Å². The molecule has 2 rings (SSSR count). The summed E-state index contributed by atoms with van der Waals surface area (Å²) in [6.07, 6.45) is -3.16. The molecule has 0 bridgehead atoms. The lowest BCUT2D eigenvalue weighted by molar-refractivity contribution is -0.144. The zero-order valence-corrected chi connectivity index (χ0v) is 9.81. The molecule has 0 aliphatic carbocycles. The summed E-state index contributed by atoms with van der Waals surface area (Å²) in [4.78, 5) is 6.49. The van der Waals surface area contributed by atoms with Crippen LogP contribution in [0.25, 0.3) is 0 Å². The molecule has 0 radical (unpaired) electrons. The van der Waals surface area contributed by atoms with Gasteiger partial charge in [-0.1, -0.05) is 0 Å². The Morgan fingerprint density at radius 1 is 1.37 bits per heavy atom. The standard InChI is InChI=1S/C9H10F3N7/c1-19-4-15-18-7(19)3-14-6-2-5(13)16-8(17-6)9(10,11)12/h2,4H,3H2,1H3,(H3,13,14,16,17). The molecule has 10 heteroatoms. The molecule has 2 aromatic heterocycles. The second-order valence-electron chi connectivity index (χ2n) is 3.71. The Labute approximate surface area is 105 Å². The van der Waals surface area contributed by atoms with Gasteiger partial charge in [-0.3, -0.25) is 0 Å². The molecule has 3 N–H and O–H groups in total. The van der Waals surface area contributed by atoms with E-state index >= 15 is 0 Å². The van der Waals surface area contributed by atoms with Crippen molar-refractivity contribution in [2.75, 3.05) is 11.1 Å². The van der Waals surface area contributed by atoms with E-state index in [1.54, 1.807) is 11.6 Å². The van der Waals surface area contributed by atoms with Crippen LogP contribution in [0, 0.1) is 0 Å². The third-order valence-electron chi connectivity index (χ3n) is 2.23. The van der Waals surface area contributed by atoms with E-state index in [2.05, 4.69) is 25.5 Å². The van der Waals surface area contributed by atoms with Crippen LogP contribution in [0.4, 0.5) is 24.8 Å². The van der Waals surface area contributed by atoms with Gasteiger partial charge in [0.2, 0.25) is 5.82 Å². The zero-order valence-electron chi connectivity index (χ0n) is 9.81. The molecule has 2 heterocycles. The van der Waals surface area contributed by atoms with Gasteiger partial charge in [-0.15, -0.1) is 10.2 Å². The first-order chi connectivity index (χ1) is 8.86. The van der Waals surface area contributed by atoms with Gasteiger partial charge >= 0.3 is 6.18 Å². The van der Waals surface area contributed by atoms with E-state index in [9.17, 15) is 13.2 Å². The van der Waals surface area contributed by atoms with Crippen molar-refractivity contribution in [1.82, 2.24) is 24.7 Å². The highest BCUT2D eigenvalue weighted by atomic mass is 19.4. The van der Waals surface area contributed by atoms with Crippen molar-refractivity contribution < 1.29 is 13.2 Å². The number of nitrogens with zero attached hydrogens (tertiary/aromatic N) is 5. The molecular formula is C9H10F3N7. The molecule has 0 aliphatic rings. The molecular weight excluding hydrogens is 263 g/mol. The van der Waals surface area contributed by atoms with Crippen molar-refractivity contribution in [2.24, 2.45) is 7.05 Å². The number of halogens is 3. The fourth-order valence-corrected chi connectivity index (χ4v) is 1.32. The molecule has 0 aromatic carbocycles. The fraction of sp³-hybridized carbons (Fsp3) is 0.333. The second-order valence-corrected chi connectivity index (χ2v) is 3.71. The van der Waals surface area contributed by atoms with Gasteiger partial charge in [0.25, 0.3) is 0 Å². The maximum atomic E-state index is 12.5. The summed E-state index contributed by atoms with van der Waals surface area (Å²) in [5.41, 5.74) is 5.31. The van der Waals surface area contributed by atoms with Crippen molar-refractivity contribution in [3.05, 3.63) is 24.0 Å². The Bertz CT molecular complexity index is 577. The molecule has 0 fully saturated rings. The summed E-state index contributed by atoms with van der Waals surface area (Å²) in [6, 6.07) is 1.21. The Morgan fingerprint density at radius 2 is 2.11 bits per heavy atom. The number of nitrogen functional groups attached to an aromatic ring is 1. The minimum Gasteiger partial charge on any atom is -0.384 e. The smallest absolute Gasteiger partial charge is 0.384 e. The molecule has 0 amide bonds. The van der Waals surface area contributed by atoms with E-state index in [0.717, 1.165) is 0 Å². The Balaban J connectivity index is 2.17. The van der Waals surface area contributed by atoms with Gasteiger partial charge in [0, 0.05) is 13.1 Å². The number of rotatable bonds is 3. The minimum absolute atomic E-state index is 0.0252. The van der Waals surface area contributed by atoms with Crippen LogP contribution in [0.2, 0.25) is 0 Å². The Morgan fingerprint density at radius 3 is 2.68 bits per heavy atom. The van der Waals surface area contributed by atoms with E-state index in [0.29, 0.717) is 5.82 Å². The highest BCUT2D eigenvalue weighted by Gasteiger charge is 2.35. The predicted molar refractivity (Wildman–Crippen MR) is 59.8 cm³/mol. The fourth-order valence-electron chi connectivity index (χ4n) is 1.32. The van der Waals surface area contributed by atoms with Crippen molar-refractivity contribution in [3.63, 3.8) is 0 Å². The van der Waals surface area contributed by atoms with Crippen LogP contribution in [0.5, 0.6) is 0 Å². The number of alkyl halides is 3. The summed E-state index contributed by atoms with van der Waals surface area (Å²) in [5.74, 6) is -1.02. The van der Waals surface area contributed by atoms with Crippen LogP contribution in [0.1, 0.15) is 11.6 Å². The normalized spacial score (nSPS) is 11.6. The Kier molecular flexibility index (Phi) is 3.23. The lowest BCUT2D eigenvalue weighted by atomic mass is 10.4. The minimum atomic E-state index is -4.64. The largest absolute Gasteiger partial charge is 0.451 e. The summed E-state index contributed by atoms with van der Waals surface area (Å²) < 4.78 is 39.1. The average Bonchev–Trinajstić information content (AvgIpc) is 2.70. The van der Waals surface area contributed by atoms with Crippen LogP contribution in [-0.2, 0) is 19.8 Å². The van der Waals surface area contributed by atoms with Gasteiger partial charge in [0.15, 0.2) is 5.82 Å². The van der Waals surface area contributed by atoms with Gasteiger partial charge in [-0.25, -0.2) is 9.97 Å². The first kappa shape index (κ1) is 13.1. The Hall–Kier alpha value is -2.39. The summed E-state index contributed by atoms with van der Waals surface area (Å²) in [6.45, 7) is 0.171. The summed E-state index contributed by atoms with van der Waals surface area (Å²) in [5, 5.41) is 10.1. The van der Waals surface area contributed by atoms with Crippen LogP contribution in [-0.4, -0.2) is 24.7 Å². The molecule has 0 saturated heterocycles. The van der Waals surface area contributed by atoms with Gasteiger partial charge in [0.1, 0.15) is 18.0 Å². The van der Waals surface area contributed by atoms with Crippen LogP contribution in [0.15, 0.2) is 12.4 Å². The third kappa shape index (κ3) is 3.09. The molecule has 0 atom stereocenters. The second kappa shape index (κ2) is 4.71. The van der Waals surface area contributed by atoms with Crippen LogP contribution >= 0.6 is 0 Å². The lowest BCUT2D eigenvalue weighted by Crippen LogP contribution is -2.15. The number of nitrogens with one attached hydrogen (secondary N) is 1. The van der Waals surface area contributed by atoms with Gasteiger partial charge in [-0.05, 0) is 0 Å². The topological polar surface area (TPSA) is 94.5 Å². The molecule has 0 unspecified atom stereocenters. The quantitative estimate of drug-likeness (QED) is 0.859. The van der Waals surface area contributed by atoms with E-state index in [-0.39, 0.29) is 18.2 Å². The monoisotopic (exact) mass is 273 g/mol. The lowest BCUT2D eigenvalue weighted by Gasteiger charge is -2.09. The van der Waals surface area contributed by atoms with Crippen molar-refractivity contribution >= 4 is 11.6 Å². The first-order valence-electron chi connectivity index (χ1n) is 5.15. The highest BCUT2D eigenvalue weighted by Crippen LogP contribution is 2.27. The highest BCUT2D eigenvalue weighted by molar-refractivity contribution is 5.44. The number of anilines is 2. The number of hydrogen-bond acceptors (Lipinski definition) is 6. The van der Waals surface area contributed by atoms with Gasteiger partial charge in [-0.2, -0.15) is 13.2 Å². The predicted octanol–water partition coefficient (Wildman–Crippen LogP) is 0.818. The molecule has 102 valence electrons. The summed E-state index contributed by atoms with van der Waals surface area (Å²) >= 11 is 0. The average molecular weight is 273 g/mol. The number of aromatic nitrogens is 5. The molecule has 0 spiro atoms. The zero-order chi connectivity index (χ0) is 14.0. The van der Waals surface area contributed by atoms with Crippen molar-refractivity contribution in [3.8, 4) is 0 Å². The van der Waals surface area contributed by atoms with Gasteiger partial charge in [0.05, 0.1) is 6.54 Å². The molecule has 0 aliphatic heterocycles. The van der Waals surface area contributed by atoms with Crippen LogP contribution in [0.3, 0.4) is 0 Å². The van der Waals surface area contributed by atoms with E-state index in [4.69, 9.17) is 5.73 Å². The van der Waals surface area contributed by atoms with E-state index in [1.165, 1.54) is 12.4 Å². The van der Waals surface area contributed by atoms with Crippen molar-refractivity contribution in [1.29, 1.82) is 0 Å². The first-order valence-corrected chi connectivity index (χ1v) is 5.15. The molecule has 7 nitrogen and oxygen atoms in total. The molecule has 19 heavy (non-hydrogen) atoms. The summed E-state index contributed by atoms with van der Waals surface area (Å²) in [7, 11) is 1.71. The van der Waals surface area contributed by atoms with E-state index < -0.39 is 12.0 Å². The maximum absolute atomic E-state index is 12.5. The maximum Gasteiger partial charge on any atom is 0.451 e. The number of nitrogens with two attached hydrogens (primary N) is 1. The van der Waals surface area contributed by atoms with Gasteiger partial charge < -0.3 is 15.6 Å². The molecule has 0 saturated carbocycles. The number of aryl methyl sites for hydroxylation is 1.